The maximum Gasteiger partial charge on any atom is 0.308 e. The summed E-state index contributed by atoms with van der Waals surface area (Å²) in [6, 6.07) is 0. The monoisotopic (exact) mass is 306 g/mol. The number of carbonyl (C=O) groups excluding carboxylic acids is 2. The molecule has 3 aliphatic carbocycles. The Hall–Kier alpha value is -0.860. The third-order valence-electron chi connectivity index (χ3n) is 6.85. The van der Waals surface area contributed by atoms with Crippen LogP contribution in [0.2, 0.25) is 0 Å². The summed E-state index contributed by atoms with van der Waals surface area (Å²) in [7, 11) is 0. The minimum atomic E-state index is -0.0673. The Kier molecular flexibility index (Phi) is 4.61. The molecule has 0 aromatic rings. The number of Topliss-reactive ketones (excluding diaryl/α,β-unsaturated/α-hetero) is 1. The predicted molar refractivity (Wildman–Crippen MR) is 85.3 cm³/mol. The van der Waals surface area contributed by atoms with Crippen molar-refractivity contribution in [2.24, 2.45) is 29.1 Å². The summed E-state index contributed by atoms with van der Waals surface area (Å²) in [6.07, 6.45) is 9.78. The lowest BCUT2D eigenvalue weighted by molar-refractivity contribution is -0.154. The van der Waals surface area contributed by atoms with Crippen LogP contribution in [-0.4, -0.2) is 18.4 Å². The molecule has 3 rings (SSSR count). The summed E-state index contributed by atoms with van der Waals surface area (Å²) in [5, 5.41) is 0. The molecular formula is C19H30O3. The molecule has 3 saturated carbocycles. The molecule has 0 amide bonds. The van der Waals surface area contributed by atoms with Gasteiger partial charge in [-0.25, -0.2) is 0 Å². The minimum Gasteiger partial charge on any atom is -0.465 e. The molecule has 3 fully saturated rings. The molecule has 0 spiro atoms. The first-order valence-electron chi connectivity index (χ1n) is 9.21. The lowest BCUT2D eigenvalue weighted by Crippen LogP contribution is -2.41. The van der Waals surface area contributed by atoms with Crippen molar-refractivity contribution in [3.63, 3.8) is 0 Å². The van der Waals surface area contributed by atoms with Crippen molar-refractivity contribution in [2.45, 2.75) is 71.6 Å². The van der Waals surface area contributed by atoms with Gasteiger partial charge in [-0.05, 0) is 55.8 Å². The molecule has 0 aromatic heterocycles. The van der Waals surface area contributed by atoms with E-state index in [9.17, 15) is 9.59 Å². The van der Waals surface area contributed by atoms with E-state index in [1.54, 1.807) is 0 Å². The SMILES string of the molecule is C[C@H](C(=O)OCC1CCCC1)[C@H]1CC[C@H]2C(=O)CCC[C@]12C. The number of ether oxygens (including phenoxy) is 1. The van der Waals surface area contributed by atoms with Gasteiger partial charge in [0.05, 0.1) is 12.5 Å². The van der Waals surface area contributed by atoms with Crippen LogP contribution in [0.25, 0.3) is 0 Å². The van der Waals surface area contributed by atoms with E-state index < -0.39 is 0 Å². The van der Waals surface area contributed by atoms with Gasteiger partial charge in [0.2, 0.25) is 0 Å². The number of carbonyl (C=O) groups is 2. The Balaban J connectivity index is 1.60. The van der Waals surface area contributed by atoms with Crippen LogP contribution in [0.15, 0.2) is 0 Å². The van der Waals surface area contributed by atoms with Crippen LogP contribution in [0.5, 0.6) is 0 Å². The molecule has 4 atom stereocenters. The average Bonchev–Trinajstić information content (AvgIpc) is 3.11. The smallest absolute Gasteiger partial charge is 0.308 e. The largest absolute Gasteiger partial charge is 0.465 e. The number of fused-ring (bicyclic) bond motifs is 1. The van der Waals surface area contributed by atoms with E-state index in [0.717, 1.165) is 32.1 Å². The molecule has 0 aliphatic heterocycles. The maximum atomic E-state index is 12.5. The van der Waals surface area contributed by atoms with Gasteiger partial charge in [0.1, 0.15) is 5.78 Å². The maximum absolute atomic E-state index is 12.5. The standard InChI is InChI=1S/C19H30O3/c1-13(18(21)22-12-14-6-3-4-7-14)15-9-10-16-17(20)8-5-11-19(15,16)2/h13-16H,3-12H2,1-2H3/t13-,15+,16-,19+/m0/s1. The van der Waals surface area contributed by atoms with Gasteiger partial charge in [0, 0.05) is 12.3 Å². The van der Waals surface area contributed by atoms with Gasteiger partial charge in [-0.2, -0.15) is 0 Å². The van der Waals surface area contributed by atoms with Gasteiger partial charge in [-0.1, -0.05) is 26.7 Å². The topological polar surface area (TPSA) is 43.4 Å². The quantitative estimate of drug-likeness (QED) is 0.733. The molecule has 3 aliphatic rings. The van der Waals surface area contributed by atoms with Gasteiger partial charge in [0.25, 0.3) is 0 Å². The van der Waals surface area contributed by atoms with Crippen LogP contribution < -0.4 is 0 Å². The third-order valence-corrected chi connectivity index (χ3v) is 6.85. The number of rotatable bonds is 4. The summed E-state index contributed by atoms with van der Waals surface area (Å²) >= 11 is 0. The lowest BCUT2D eigenvalue weighted by atomic mass is 9.62. The van der Waals surface area contributed by atoms with Crippen LogP contribution in [-0.2, 0) is 14.3 Å². The van der Waals surface area contributed by atoms with E-state index in [0.29, 0.717) is 24.2 Å². The Morgan fingerprint density at radius 1 is 1.23 bits per heavy atom. The van der Waals surface area contributed by atoms with Crippen molar-refractivity contribution >= 4 is 11.8 Å². The predicted octanol–water partition coefficient (Wildman–Crippen LogP) is 4.14. The second-order valence-corrected chi connectivity index (χ2v) is 8.13. The Bertz CT molecular complexity index is 438. The highest BCUT2D eigenvalue weighted by Crippen LogP contribution is 2.56. The van der Waals surface area contributed by atoms with Crippen molar-refractivity contribution in [1.29, 1.82) is 0 Å². The molecule has 0 saturated heterocycles. The van der Waals surface area contributed by atoms with Gasteiger partial charge >= 0.3 is 5.97 Å². The van der Waals surface area contributed by atoms with E-state index >= 15 is 0 Å². The first-order chi connectivity index (χ1) is 10.5. The Morgan fingerprint density at radius 2 is 1.95 bits per heavy atom. The molecule has 0 heterocycles. The van der Waals surface area contributed by atoms with Crippen LogP contribution >= 0.6 is 0 Å². The van der Waals surface area contributed by atoms with E-state index in [4.69, 9.17) is 4.74 Å². The molecule has 0 unspecified atom stereocenters. The Labute approximate surface area is 134 Å². The average molecular weight is 306 g/mol. The summed E-state index contributed by atoms with van der Waals surface area (Å²) in [6.45, 7) is 4.87. The van der Waals surface area contributed by atoms with Crippen LogP contribution in [0.1, 0.15) is 71.6 Å². The minimum absolute atomic E-state index is 0.0289. The van der Waals surface area contributed by atoms with Gasteiger partial charge in [-0.15, -0.1) is 0 Å². The fourth-order valence-corrected chi connectivity index (χ4v) is 5.46. The zero-order valence-corrected chi connectivity index (χ0v) is 14.1. The first kappa shape index (κ1) is 16.0. The van der Waals surface area contributed by atoms with E-state index in [2.05, 4.69) is 6.92 Å². The van der Waals surface area contributed by atoms with E-state index in [-0.39, 0.29) is 23.2 Å². The fraction of sp³-hybridized carbons (Fsp3) is 0.895. The zero-order chi connectivity index (χ0) is 15.7. The van der Waals surface area contributed by atoms with Gasteiger partial charge in [0.15, 0.2) is 0 Å². The van der Waals surface area contributed by atoms with Crippen molar-refractivity contribution in [2.75, 3.05) is 6.61 Å². The highest BCUT2D eigenvalue weighted by atomic mass is 16.5. The second-order valence-electron chi connectivity index (χ2n) is 8.13. The van der Waals surface area contributed by atoms with Gasteiger partial charge in [-0.3, -0.25) is 9.59 Å². The summed E-state index contributed by atoms with van der Waals surface area (Å²) in [5.41, 5.74) is 0.0289. The van der Waals surface area contributed by atoms with E-state index in [1.165, 1.54) is 25.7 Å². The molecule has 0 bridgehead atoms. The molecule has 3 nitrogen and oxygen atoms in total. The van der Waals surface area contributed by atoms with Crippen LogP contribution in [0.3, 0.4) is 0 Å². The number of hydrogen-bond acceptors (Lipinski definition) is 3. The van der Waals surface area contributed by atoms with Crippen LogP contribution in [0, 0.1) is 29.1 Å². The first-order valence-corrected chi connectivity index (χ1v) is 9.21. The van der Waals surface area contributed by atoms with Crippen LogP contribution in [0.4, 0.5) is 0 Å². The molecule has 0 radical (unpaired) electrons. The molecule has 0 aromatic carbocycles. The molecule has 0 N–H and O–H groups in total. The molecule has 124 valence electrons. The Morgan fingerprint density at radius 3 is 2.68 bits per heavy atom. The zero-order valence-electron chi connectivity index (χ0n) is 14.1. The lowest BCUT2D eigenvalue weighted by Gasteiger charge is -2.41. The van der Waals surface area contributed by atoms with Gasteiger partial charge < -0.3 is 4.74 Å². The second kappa shape index (κ2) is 6.33. The molecular weight excluding hydrogens is 276 g/mol. The fourth-order valence-electron chi connectivity index (χ4n) is 5.46. The summed E-state index contributed by atoms with van der Waals surface area (Å²) < 4.78 is 5.63. The molecule has 22 heavy (non-hydrogen) atoms. The highest BCUT2D eigenvalue weighted by Gasteiger charge is 2.53. The summed E-state index contributed by atoms with van der Waals surface area (Å²) in [4.78, 5) is 24.7. The van der Waals surface area contributed by atoms with Crippen molar-refractivity contribution in [1.82, 2.24) is 0 Å². The number of ketones is 1. The van der Waals surface area contributed by atoms with Crippen molar-refractivity contribution in [3.05, 3.63) is 0 Å². The van der Waals surface area contributed by atoms with Crippen molar-refractivity contribution in [3.8, 4) is 0 Å². The molecule has 3 heteroatoms. The number of esters is 1. The normalized spacial score (nSPS) is 37.1. The summed E-state index contributed by atoms with van der Waals surface area (Å²) in [5.74, 6) is 1.43. The highest BCUT2D eigenvalue weighted by molar-refractivity contribution is 5.83. The van der Waals surface area contributed by atoms with E-state index in [1.807, 2.05) is 6.92 Å². The third kappa shape index (κ3) is 2.83. The number of hydrogen-bond donors (Lipinski definition) is 0. The van der Waals surface area contributed by atoms with Crippen molar-refractivity contribution < 1.29 is 14.3 Å².